The Morgan fingerprint density at radius 3 is 2.61 bits per heavy atom. The van der Waals surface area contributed by atoms with E-state index in [9.17, 15) is 4.79 Å². The van der Waals surface area contributed by atoms with E-state index in [2.05, 4.69) is 25.3 Å². The number of aryl methyl sites for hydroxylation is 3. The minimum Gasteiger partial charge on any atom is -0.296 e. The van der Waals surface area contributed by atoms with Gasteiger partial charge in [0.2, 0.25) is 0 Å². The number of anilines is 1. The van der Waals surface area contributed by atoms with Crippen molar-refractivity contribution in [2.75, 3.05) is 5.32 Å². The van der Waals surface area contributed by atoms with E-state index < -0.39 is 0 Å². The van der Waals surface area contributed by atoms with Crippen molar-refractivity contribution < 1.29 is 4.79 Å². The molecule has 0 spiro atoms. The van der Waals surface area contributed by atoms with Crippen LogP contribution in [0.3, 0.4) is 0 Å². The monoisotopic (exact) mass is 390 g/mol. The van der Waals surface area contributed by atoms with Crippen LogP contribution in [0.1, 0.15) is 26.6 Å². The molecule has 0 aliphatic rings. The molecule has 0 unspecified atom stereocenters. The van der Waals surface area contributed by atoms with Crippen molar-refractivity contribution in [2.24, 2.45) is 0 Å². The van der Waals surface area contributed by atoms with Gasteiger partial charge in [0, 0.05) is 23.0 Å². The van der Waals surface area contributed by atoms with Gasteiger partial charge in [-0.15, -0.1) is 11.3 Å². The molecule has 1 amide bonds. The number of nitrogens with zero attached hydrogens (tertiary/aromatic N) is 5. The second-order valence-corrected chi connectivity index (χ2v) is 7.61. The summed E-state index contributed by atoms with van der Waals surface area (Å²) in [6.07, 6.45) is 6.47. The lowest BCUT2D eigenvalue weighted by Gasteiger charge is -2.07. The standard InChI is InChI=1S/C20H18N6OS/c1-12-8-13(2)23-16(9-12)18-14(3)28-20(24-18)25-19(27)17-10-22-11-26(17)15-4-6-21-7-5-15/h4-11H,1-3H3,(H,24,25,27). The Kier molecular flexibility index (Phi) is 4.70. The van der Waals surface area contributed by atoms with E-state index in [1.165, 1.54) is 17.5 Å². The third-order valence-electron chi connectivity index (χ3n) is 4.17. The average Bonchev–Trinajstić information content (AvgIpc) is 3.28. The highest BCUT2D eigenvalue weighted by Crippen LogP contribution is 2.30. The van der Waals surface area contributed by atoms with Crippen LogP contribution in [-0.2, 0) is 0 Å². The van der Waals surface area contributed by atoms with E-state index in [1.54, 1.807) is 23.3 Å². The first-order valence-electron chi connectivity index (χ1n) is 8.68. The summed E-state index contributed by atoms with van der Waals surface area (Å²) < 4.78 is 1.71. The second kappa shape index (κ2) is 7.32. The summed E-state index contributed by atoms with van der Waals surface area (Å²) in [5.74, 6) is -0.275. The Morgan fingerprint density at radius 2 is 1.86 bits per heavy atom. The minimum atomic E-state index is -0.275. The molecule has 0 saturated carbocycles. The fraction of sp³-hybridized carbons (Fsp3) is 0.150. The van der Waals surface area contributed by atoms with Crippen LogP contribution in [0.25, 0.3) is 17.1 Å². The zero-order chi connectivity index (χ0) is 19.7. The molecule has 0 aliphatic heterocycles. The highest BCUT2D eigenvalue weighted by molar-refractivity contribution is 7.16. The average molecular weight is 390 g/mol. The van der Waals surface area contributed by atoms with Gasteiger partial charge < -0.3 is 0 Å². The summed E-state index contributed by atoms with van der Waals surface area (Å²) in [5.41, 5.74) is 4.90. The number of nitrogens with one attached hydrogen (secondary N) is 1. The van der Waals surface area contributed by atoms with Gasteiger partial charge in [0.15, 0.2) is 5.13 Å². The third kappa shape index (κ3) is 3.54. The molecule has 4 rings (SSSR count). The van der Waals surface area contributed by atoms with Crippen molar-refractivity contribution in [3.63, 3.8) is 0 Å². The van der Waals surface area contributed by atoms with Gasteiger partial charge in [-0.3, -0.25) is 24.6 Å². The first-order chi connectivity index (χ1) is 13.5. The van der Waals surface area contributed by atoms with Crippen LogP contribution in [0.2, 0.25) is 0 Å². The first-order valence-corrected chi connectivity index (χ1v) is 9.50. The molecule has 4 aromatic rings. The van der Waals surface area contributed by atoms with Crippen LogP contribution in [0.4, 0.5) is 5.13 Å². The fourth-order valence-corrected chi connectivity index (χ4v) is 3.80. The van der Waals surface area contributed by atoms with Crippen molar-refractivity contribution in [3.05, 3.63) is 71.0 Å². The Morgan fingerprint density at radius 1 is 1.07 bits per heavy atom. The summed E-state index contributed by atoms with van der Waals surface area (Å²) in [5, 5.41) is 3.41. The van der Waals surface area contributed by atoms with E-state index in [0.717, 1.165) is 33.2 Å². The number of hydrogen-bond donors (Lipinski definition) is 1. The Hall–Kier alpha value is -3.39. The molecule has 0 saturated heterocycles. The predicted octanol–water partition coefficient (Wildman–Crippen LogP) is 3.96. The topological polar surface area (TPSA) is 85.6 Å². The summed E-state index contributed by atoms with van der Waals surface area (Å²) in [4.78, 5) is 31.1. The normalized spacial score (nSPS) is 10.8. The van der Waals surface area contributed by atoms with Crippen molar-refractivity contribution in [1.29, 1.82) is 0 Å². The molecule has 0 bridgehead atoms. The quantitative estimate of drug-likeness (QED) is 0.570. The molecule has 0 atom stereocenters. The van der Waals surface area contributed by atoms with Gasteiger partial charge in [-0.05, 0) is 50.6 Å². The molecule has 1 N–H and O–H groups in total. The van der Waals surface area contributed by atoms with E-state index >= 15 is 0 Å². The number of pyridine rings is 2. The van der Waals surface area contributed by atoms with Gasteiger partial charge in [-0.25, -0.2) is 9.97 Å². The van der Waals surface area contributed by atoms with Gasteiger partial charge in [-0.2, -0.15) is 0 Å². The van der Waals surface area contributed by atoms with Crippen molar-refractivity contribution >= 4 is 22.4 Å². The highest BCUT2D eigenvalue weighted by Gasteiger charge is 2.17. The molecule has 4 heterocycles. The summed E-state index contributed by atoms with van der Waals surface area (Å²) in [6, 6.07) is 7.65. The summed E-state index contributed by atoms with van der Waals surface area (Å²) in [7, 11) is 0. The number of carbonyl (C=O) groups excluding carboxylic acids is 1. The molecule has 4 aromatic heterocycles. The molecule has 0 radical (unpaired) electrons. The van der Waals surface area contributed by atoms with Gasteiger partial charge in [-0.1, -0.05) is 0 Å². The van der Waals surface area contributed by atoms with Crippen LogP contribution in [-0.4, -0.2) is 30.4 Å². The Labute approximate surface area is 166 Å². The van der Waals surface area contributed by atoms with E-state index in [0.29, 0.717) is 10.8 Å². The maximum Gasteiger partial charge on any atom is 0.276 e. The third-order valence-corrected chi connectivity index (χ3v) is 5.06. The van der Waals surface area contributed by atoms with Gasteiger partial charge in [0.1, 0.15) is 11.4 Å². The largest absolute Gasteiger partial charge is 0.296 e. The SMILES string of the molecule is Cc1cc(C)nc(-c2nc(NC(=O)c3cncn3-c3ccncc3)sc2C)c1. The number of aromatic nitrogens is 5. The predicted molar refractivity (Wildman–Crippen MR) is 109 cm³/mol. The number of thiazole rings is 1. The Balaban J connectivity index is 1.61. The van der Waals surface area contributed by atoms with Crippen LogP contribution in [0, 0.1) is 20.8 Å². The Bertz CT molecular complexity index is 1130. The van der Waals surface area contributed by atoms with Crippen LogP contribution in [0.15, 0.2) is 49.2 Å². The summed E-state index contributed by atoms with van der Waals surface area (Å²) >= 11 is 1.43. The smallest absolute Gasteiger partial charge is 0.276 e. The van der Waals surface area contributed by atoms with E-state index in [1.807, 2.05) is 45.0 Å². The number of imidazole rings is 1. The lowest BCUT2D eigenvalue weighted by atomic mass is 10.2. The molecule has 28 heavy (non-hydrogen) atoms. The van der Waals surface area contributed by atoms with Gasteiger partial charge in [0.25, 0.3) is 5.91 Å². The van der Waals surface area contributed by atoms with Gasteiger partial charge in [0.05, 0.1) is 23.9 Å². The van der Waals surface area contributed by atoms with E-state index in [4.69, 9.17) is 0 Å². The molecule has 140 valence electrons. The molecular formula is C20H18N6OS. The zero-order valence-corrected chi connectivity index (χ0v) is 16.5. The lowest BCUT2D eigenvalue weighted by Crippen LogP contribution is -2.16. The molecule has 8 heteroatoms. The van der Waals surface area contributed by atoms with Crippen LogP contribution >= 0.6 is 11.3 Å². The number of amides is 1. The maximum atomic E-state index is 12.8. The van der Waals surface area contributed by atoms with Crippen molar-refractivity contribution in [1.82, 2.24) is 24.5 Å². The molecule has 0 fully saturated rings. The molecule has 0 aliphatic carbocycles. The second-order valence-electron chi connectivity index (χ2n) is 6.40. The number of rotatable bonds is 4. The van der Waals surface area contributed by atoms with Crippen molar-refractivity contribution in [2.45, 2.75) is 20.8 Å². The number of hydrogen-bond acceptors (Lipinski definition) is 6. The number of carbonyl (C=O) groups is 1. The lowest BCUT2D eigenvalue weighted by molar-refractivity contribution is 0.102. The summed E-state index contributed by atoms with van der Waals surface area (Å²) in [6.45, 7) is 5.97. The van der Waals surface area contributed by atoms with Crippen molar-refractivity contribution in [3.8, 4) is 17.1 Å². The molecule has 7 nitrogen and oxygen atoms in total. The fourth-order valence-electron chi connectivity index (χ4n) is 2.98. The van der Waals surface area contributed by atoms with Gasteiger partial charge >= 0.3 is 0 Å². The highest BCUT2D eigenvalue weighted by atomic mass is 32.1. The molecular weight excluding hydrogens is 372 g/mol. The van der Waals surface area contributed by atoms with E-state index in [-0.39, 0.29) is 5.91 Å². The zero-order valence-electron chi connectivity index (χ0n) is 15.7. The van der Waals surface area contributed by atoms with Crippen LogP contribution < -0.4 is 5.32 Å². The maximum absolute atomic E-state index is 12.8. The molecule has 0 aromatic carbocycles. The van der Waals surface area contributed by atoms with Crippen LogP contribution in [0.5, 0.6) is 0 Å². The minimum absolute atomic E-state index is 0.275. The first kappa shape index (κ1) is 18.0.